The van der Waals surface area contributed by atoms with Crippen molar-refractivity contribution in [2.75, 3.05) is 6.54 Å². The number of aromatic nitrogens is 2. The van der Waals surface area contributed by atoms with Crippen LogP contribution in [-0.4, -0.2) is 22.2 Å². The molecule has 0 aliphatic carbocycles. The maximum atomic E-state index is 10.7. The average molecular weight is 215 g/mol. The van der Waals surface area contributed by atoms with Gasteiger partial charge in [-0.15, -0.1) is 0 Å². The van der Waals surface area contributed by atoms with Crippen molar-refractivity contribution in [1.82, 2.24) is 14.7 Å². The summed E-state index contributed by atoms with van der Waals surface area (Å²) in [5.41, 5.74) is 2.64. The Balaban J connectivity index is 2.04. The van der Waals surface area contributed by atoms with E-state index in [9.17, 15) is 4.79 Å². The molecular formula is C12H13N3O. The van der Waals surface area contributed by atoms with Gasteiger partial charge >= 0.3 is 0 Å². The van der Waals surface area contributed by atoms with Crippen molar-refractivity contribution in [3.63, 3.8) is 0 Å². The number of pyridine rings is 1. The Morgan fingerprint density at radius 2 is 2.38 bits per heavy atom. The highest BCUT2D eigenvalue weighted by molar-refractivity contribution is 5.74. The van der Waals surface area contributed by atoms with E-state index in [1.807, 2.05) is 22.9 Å². The van der Waals surface area contributed by atoms with E-state index in [0.29, 0.717) is 11.6 Å². The first-order valence-electron chi connectivity index (χ1n) is 5.54. The first kappa shape index (κ1) is 9.54. The average Bonchev–Trinajstić information content (AvgIpc) is 2.96. The van der Waals surface area contributed by atoms with Crippen molar-refractivity contribution in [2.24, 2.45) is 0 Å². The molecule has 0 bridgehead atoms. The van der Waals surface area contributed by atoms with E-state index in [-0.39, 0.29) is 0 Å². The Hall–Kier alpha value is -1.68. The molecule has 1 aliphatic rings. The van der Waals surface area contributed by atoms with Gasteiger partial charge < -0.3 is 9.72 Å². The number of carbonyl (C=O) groups is 1. The highest BCUT2D eigenvalue weighted by atomic mass is 16.1. The molecule has 2 aromatic rings. The molecule has 4 heteroatoms. The van der Waals surface area contributed by atoms with Crippen molar-refractivity contribution < 1.29 is 4.79 Å². The smallest absolute Gasteiger partial charge is 0.151 e. The van der Waals surface area contributed by atoms with E-state index in [1.54, 1.807) is 6.07 Å². The third-order valence-corrected chi connectivity index (χ3v) is 3.05. The monoisotopic (exact) mass is 215 g/mol. The van der Waals surface area contributed by atoms with Crippen LogP contribution in [0, 0.1) is 0 Å². The van der Waals surface area contributed by atoms with Crippen LogP contribution < -0.4 is 5.32 Å². The van der Waals surface area contributed by atoms with Gasteiger partial charge in [-0.3, -0.25) is 4.79 Å². The number of carbonyl (C=O) groups excluding carboxylic acids is 1. The molecule has 0 saturated carbocycles. The van der Waals surface area contributed by atoms with E-state index in [0.717, 1.165) is 30.6 Å². The fraction of sp³-hybridized carbons (Fsp3) is 0.333. The van der Waals surface area contributed by atoms with Gasteiger partial charge in [0.2, 0.25) is 0 Å². The standard InChI is InChI=1S/C12H13N3O/c16-8-9-3-4-12-14-11(7-15(12)6-9)10-2-1-5-13-10/h3-4,6-8,10,13H,1-2,5H2. The van der Waals surface area contributed by atoms with E-state index >= 15 is 0 Å². The van der Waals surface area contributed by atoms with Crippen LogP contribution in [0.15, 0.2) is 24.5 Å². The predicted octanol–water partition coefficient (Wildman–Crippen LogP) is 1.57. The van der Waals surface area contributed by atoms with E-state index in [1.165, 1.54) is 6.42 Å². The first-order chi connectivity index (χ1) is 7.86. The fourth-order valence-corrected chi connectivity index (χ4v) is 2.20. The lowest BCUT2D eigenvalue weighted by Gasteiger charge is -2.04. The van der Waals surface area contributed by atoms with Crippen molar-refractivity contribution in [3.05, 3.63) is 35.8 Å². The number of hydrogen-bond acceptors (Lipinski definition) is 3. The minimum atomic E-state index is 0.375. The highest BCUT2D eigenvalue weighted by Gasteiger charge is 2.18. The van der Waals surface area contributed by atoms with Gasteiger partial charge in [-0.25, -0.2) is 4.98 Å². The summed E-state index contributed by atoms with van der Waals surface area (Å²) in [6.07, 6.45) is 7.02. The minimum absolute atomic E-state index is 0.375. The topological polar surface area (TPSA) is 46.4 Å². The highest BCUT2D eigenvalue weighted by Crippen LogP contribution is 2.22. The molecule has 4 nitrogen and oxygen atoms in total. The van der Waals surface area contributed by atoms with Crippen LogP contribution in [0.25, 0.3) is 5.65 Å². The SMILES string of the molecule is O=Cc1ccc2nc(C3CCCN3)cn2c1. The van der Waals surface area contributed by atoms with Gasteiger partial charge in [0, 0.05) is 18.0 Å². The largest absolute Gasteiger partial charge is 0.309 e. The molecule has 1 N–H and O–H groups in total. The Bertz CT molecular complexity index is 526. The summed E-state index contributed by atoms with van der Waals surface area (Å²) >= 11 is 0. The second-order valence-corrected chi connectivity index (χ2v) is 4.16. The summed E-state index contributed by atoms with van der Waals surface area (Å²) in [7, 11) is 0. The van der Waals surface area contributed by atoms with Gasteiger partial charge in [-0.1, -0.05) is 0 Å². The summed E-state index contributed by atoms with van der Waals surface area (Å²) in [4.78, 5) is 15.2. The second kappa shape index (κ2) is 3.72. The lowest BCUT2D eigenvalue weighted by atomic mass is 10.2. The van der Waals surface area contributed by atoms with E-state index in [2.05, 4.69) is 10.3 Å². The van der Waals surface area contributed by atoms with Crippen molar-refractivity contribution in [3.8, 4) is 0 Å². The molecule has 16 heavy (non-hydrogen) atoms. The maximum Gasteiger partial charge on any atom is 0.151 e. The van der Waals surface area contributed by atoms with Crippen LogP contribution in [0.4, 0.5) is 0 Å². The molecular weight excluding hydrogens is 202 g/mol. The summed E-state index contributed by atoms with van der Waals surface area (Å²) in [5, 5.41) is 3.42. The molecule has 0 radical (unpaired) electrons. The van der Waals surface area contributed by atoms with Gasteiger partial charge in [0.05, 0.1) is 11.7 Å². The Morgan fingerprint density at radius 1 is 1.44 bits per heavy atom. The van der Waals surface area contributed by atoms with Crippen LogP contribution in [0.2, 0.25) is 0 Å². The van der Waals surface area contributed by atoms with Crippen LogP contribution in [-0.2, 0) is 0 Å². The number of hydrogen-bond donors (Lipinski definition) is 1. The quantitative estimate of drug-likeness (QED) is 0.773. The fourth-order valence-electron chi connectivity index (χ4n) is 2.20. The summed E-state index contributed by atoms with van der Waals surface area (Å²) in [6, 6.07) is 4.04. The summed E-state index contributed by atoms with van der Waals surface area (Å²) in [5.74, 6) is 0. The van der Waals surface area contributed by atoms with Gasteiger partial charge in [-0.2, -0.15) is 0 Å². The molecule has 3 heterocycles. The summed E-state index contributed by atoms with van der Waals surface area (Å²) < 4.78 is 1.92. The molecule has 82 valence electrons. The van der Waals surface area contributed by atoms with Crippen molar-refractivity contribution in [1.29, 1.82) is 0 Å². The molecule has 3 rings (SSSR count). The molecule has 0 amide bonds. The van der Waals surface area contributed by atoms with Crippen LogP contribution in [0.1, 0.15) is 34.9 Å². The van der Waals surface area contributed by atoms with Gasteiger partial charge in [0.25, 0.3) is 0 Å². The van der Waals surface area contributed by atoms with Crippen molar-refractivity contribution in [2.45, 2.75) is 18.9 Å². The molecule has 1 atom stereocenters. The third-order valence-electron chi connectivity index (χ3n) is 3.05. The Morgan fingerprint density at radius 3 is 3.12 bits per heavy atom. The van der Waals surface area contributed by atoms with E-state index in [4.69, 9.17) is 0 Å². The number of fused-ring (bicyclic) bond motifs is 1. The van der Waals surface area contributed by atoms with Gasteiger partial charge in [0.1, 0.15) is 5.65 Å². The van der Waals surface area contributed by atoms with E-state index < -0.39 is 0 Å². The zero-order chi connectivity index (χ0) is 11.0. The van der Waals surface area contributed by atoms with Crippen LogP contribution >= 0.6 is 0 Å². The lowest BCUT2D eigenvalue weighted by molar-refractivity contribution is 0.112. The maximum absolute atomic E-state index is 10.7. The molecule has 2 aromatic heterocycles. The first-order valence-corrected chi connectivity index (χ1v) is 5.54. The zero-order valence-corrected chi connectivity index (χ0v) is 8.89. The van der Waals surface area contributed by atoms with Gasteiger partial charge in [0.15, 0.2) is 6.29 Å². The minimum Gasteiger partial charge on any atom is -0.309 e. The van der Waals surface area contributed by atoms with Gasteiger partial charge in [-0.05, 0) is 31.5 Å². The Labute approximate surface area is 93.3 Å². The third kappa shape index (κ3) is 1.51. The molecule has 1 aliphatic heterocycles. The normalized spacial score (nSPS) is 20.4. The predicted molar refractivity (Wildman–Crippen MR) is 60.6 cm³/mol. The number of aldehydes is 1. The lowest BCUT2D eigenvalue weighted by Crippen LogP contribution is -2.12. The molecule has 1 fully saturated rings. The number of nitrogens with zero attached hydrogens (tertiary/aromatic N) is 2. The second-order valence-electron chi connectivity index (χ2n) is 4.16. The number of imidazole rings is 1. The van der Waals surface area contributed by atoms with Crippen molar-refractivity contribution >= 4 is 11.9 Å². The number of nitrogens with one attached hydrogen (secondary N) is 1. The summed E-state index contributed by atoms with van der Waals surface area (Å²) in [6.45, 7) is 1.07. The molecule has 0 spiro atoms. The molecule has 1 saturated heterocycles. The van der Waals surface area contributed by atoms with Crippen LogP contribution in [0.5, 0.6) is 0 Å². The zero-order valence-electron chi connectivity index (χ0n) is 8.89. The molecule has 0 aromatic carbocycles. The van der Waals surface area contributed by atoms with Crippen LogP contribution in [0.3, 0.4) is 0 Å². The number of rotatable bonds is 2. The molecule has 1 unspecified atom stereocenters. The Kier molecular flexibility index (Phi) is 2.22.